The second-order valence-electron chi connectivity index (χ2n) is 9.70. The van der Waals surface area contributed by atoms with E-state index in [2.05, 4.69) is 123 Å². The highest BCUT2D eigenvalue weighted by Crippen LogP contribution is 2.44. The van der Waals surface area contributed by atoms with Crippen LogP contribution in [0.4, 0.5) is 0 Å². The quantitative estimate of drug-likeness (QED) is 0.241. The van der Waals surface area contributed by atoms with Crippen molar-refractivity contribution in [3.63, 3.8) is 0 Å². The summed E-state index contributed by atoms with van der Waals surface area (Å²) in [5.41, 5.74) is 8.93. The SMILES string of the molecule is C=Cc1c(/C=C\C)c(-c2ccc3oc4ccccc4c3c2)c2ccccc2c1-c1ccc2ccccc2c1. The van der Waals surface area contributed by atoms with E-state index in [9.17, 15) is 0 Å². The Kier molecular flexibility index (Phi) is 5.23. The van der Waals surface area contributed by atoms with Gasteiger partial charge >= 0.3 is 0 Å². The number of hydrogen-bond acceptors (Lipinski definition) is 1. The Morgan fingerprint density at radius 1 is 0.553 bits per heavy atom. The molecular formula is C37H26O. The average Bonchev–Trinajstić information content (AvgIpc) is 3.34. The zero-order chi connectivity index (χ0) is 25.6. The summed E-state index contributed by atoms with van der Waals surface area (Å²) >= 11 is 0. The van der Waals surface area contributed by atoms with Crippen LogP contribution in [-0.4, -0.2) is 0 Å². The zero-order valence-electron chi connectivity index (χ0n) is 21.2. The van der Waals surface area contributed by atoms with E-state index in [-0.39, 0.29) is 0 Å². The number of furan rings is 1. The van der Waals surface area contributed by atoms with E-state index in [0.717, 1.165) is 27.5 Å². The molecule has 38 heavy (non-hydrogen) atoms. The van der Waals surface area contributed by atoms with Gasteiger partial charge in [0.15, 0.2) is 0 Å². The predicted octanol–water partition coefficient (Wildman–Crippen LogP) is 10.9. The first-order valence-corrected chi connectivity index (χ1v) is 13.0. The van der Waals surface area contributed by atoms with Crippen LogP contribution in [0.1, 0.15) is 18.1 Å². The van der Waals surface area contributed by atoms with E-state index in [0.29, 0.717) is 0 Å². The van der Waals surface area contributed by atoms with Gasteiger partial charge in [0.25, 0.3) is 0 Å². The lowest BCUT2D eigenvalue weighted by Crippen LogP contribution is -1.96. The standard InChI is InChI=1S/C37H26O/c1-3-11-30-28(4-2)36(26-19-18-24-12-5-6-13-25(24)22-26)31-15-7-8-16-32(31)37(30)27-20-21-35-33(23-27)29-14-9-10-17-34(29)38-35/h3-23H,2H2,1H3/b11-3-. The molecule has 0 spiro atoms. The molecule has 1 nitrogen and oxygen atoms in total. The Balaban J connectivity index is 1.59. The monoisotopic (exact) mass is 486 g/mol. The number of para-hydroxylation sites is 1. The van der Waals surface area contributed by atoms with Crippen molar-refractivity contribution >= 4 is 55.6 Å². The Hall–Kier alpha value is -4.88. The molecule has 0 saturated heterocycles. The third kappa shape index (κ3) is 3.40. The van der Waals surface area contributed by atoms with Gasteiger partial charge < -0.3 is 4.42 Å². The molecule has 0 unspecified atom stereocenters. The molecule has 1 aromatic heterocycles. The van der Waals surface area contributed by atoms with Crippen molar-refractivity contribution in [3.8, 4) is 22.3 Å². The minimum Gasteiger partial charge on any atom is -0.456 e. The summed E-state index contributed by atoms with van der Waals surface area (Å²) in [6.07, 6.45) is 6.36. The fraction of sp³-hybridized carbons (Fsp3) is 0.0270. The first-order valence-electron chi connectivity index (χ1n) is 13.0. The highest BCUT2D eigenvalue weighted by atomic mass is 16.3. The molecule has 7 rings (SSSR count). The van der Waals surface area contributed by atoms with E-state index in [1.54, 1.807) is 0 Å². The van der Waals surface area contributed by atoms with Crippen molar-refractivity contribution in [1.29, 1.82) is 0 Å². The summed E-state index contributed by atoms with van der Waals surface area (Å²) in [6, 6.07) is 38.8. The number of fused-ring (bicyclic) bond motifs is 5. The summed E-state index contributed by atoms with van der Waals surface area (Å²) < 4.78 is 6.14. The van der Waals surface area contributed by atoms with Crippen LogP contribution in [0, 0.1) is 0 Å². The molecule has 6 aromatic carbocycles. The second kappa shape index (κ2) is 8.90. The van der Waals surface area contributed by atoms with Gasteiger partial charge in [-0.05, 0) is 86.1 Å². The Morgan fingerprint density at radius 2 is 1.16 bits per heavy atom. The van der Waals surface area contributed by atoms with Gasteiger partial charge in [0, 0.05) is 10.8 Å². The Bertz CT molecular complexity index is 2050. The second-order valence-corrected chi connectivity index (χ2v) is 9.70. The maximum atomic E-state index is 6.14. The third-order valence-corrected chi connectivity index (χ3v) is 7.54. The molecule has 7 aromatic rings. The topological polar surface area (TPSA) is 13.1 Å². The van der Waals surface area contributed by atoms with Crippen molar-refractivity contribution in [2.75, 3.05) is 0 Å². The third-order valence-electron chi connectivity index (χ3n) is 7.54. The van der Waals surface area contributed by atoms with Crippen LogP contribution < -0.4 is 0 Å². The molecular weight excluding hydrogens is 460 g/mol. The fourth-order valence-corrected chi connectivity index (χ4v) is 5.88. The van der Waals surface area contributed by atoms with Gasteiger partial charge in [-0.3, -0.25) is 0 Å². The van der Waals surface area contributed by atoms with E-state index in [1.807, 2.05) is 18.2 Å². The molecule has 0 radical (unpaired) electrons. The lowest BCUT2D eigenvalue weighted by molar-refractivity contribution is 0.669. The van der Waals surface area contributed by atoms with Gasteiger partial charge in [0.2, 0.25) is 0 Å². The van der Waals surface area contributed by atoms with Gasteiger partial charge in [-0.2, -0.15) is 0 Å². The molecule has 0 aliphatic heterocycles. The highest BCUT2D eigenvalue weighted by molar-refractivity contribution is 6.14. The summed E-state index contributed by atoms with van der Waals surface area (Å²) in [4.78, 5) is 0. The Labute approximate surface area is 222 Å². The molecule has 0 aliphatic carbocycles. The van der Waals surface area contributed by atoms with Gasteiger partial charge in [-0.25, -0.2) is 0 Å². The molecule has 0 fully saturated rings. The van der Waals surface area contributed by atoms with Crippen LogP contribution in [0.3, 0.4) is 0 Å². The first-order chi connectivity index (χ1) is 18.8. The van der Waals surface area contributed by atoms with Crippen LogP contribution in [-0.2, 0) is 0 Å². The van der Waals surface area contributed by atoms with Gasteiger partial charge in [-0.15, -0.1) is 0 Å². The molecule has 1 heteroatoms. The molecule has 0 atom stereocenters. The molecule has 0 amide bonds. The number of allylic oxidation sites excluding steroid dienone is 1. The van der Waals surface area contributed by atoms with Crippen LogP contribution >= 0.6 is 0 Å². The molecule has 180 valence electrons. The molecule has 0 saturated carbocycles. The van der Waals surface area contributed by atoms with Crippen LogP contribution in [0.15, 0.2) is 126 Å². The zero-order valence-corrected chi connectivity index (χ0v) is 21.2. The van der Waals surface area contributed by atoms with Crippen LogP contribution in [0.2, 0.25) is 0 Å². The van der Waals surface area contributed by atoms with E-state index in [1.165, 1.54) is 49.4 Å². The van der Waals surface area contributed by atoms with Crippen molar-refractivity contribution in [2.45, 2.75) is 6.92 Å². The first kappa shape index (κ1) is 22.3. The van der Waals surface area contributed by atoms with Gasteiger partial charge in [0.05, 0.1) is 0 Å². The van der Waals surface area contributed by atoms with Crippen molar-refractivity contribution in [3.05, 3.63) is 133 Å². The molecule has 1 heterocycles. The summed E-state index contributed by atoms with van der Waals surface area (Å²) in [7, 11) is 0. The van der Waals surface area contributed by atoms with E-state index >= 15 is 0 Å². The molecule has 0 N–H and O–H groups in total. The lowest BCUT2D eigenvalue weighted by atomic mass is 9.83. The van der Waals surface area contributed by atoms with Crippen LogP contribution in [0.25, 0.3) is 77.9 Å². The number of benzene rings is 6. The summed E-state index contributed by atoms with van der Waals surface area (Å²) in [5.74, 6) is 0. The predicted molar refractivity (Wildman–Crippen MR) is 164 cm³/mol. The van der Waals surface area contributed by atoms with Gasteiger partial charge in [-0.1, -0.05) is 110 Å². The van der Waals surface area contributed by atoms with E-state index in [4.69, 9.17) is 4.42 Å². The normalized spacial score (nSPS) is 11.8. The number of rotatable bonds is 4. The Morgan fingerprint density at radius 3 is 1.92 bits per heavy atom. The molecule has 0 aliphatic rings. The average molecular weight is 487 g/mol. The number of hydrogen-bond donors (Lipinski definition) is 0. The maximum absolute atomic E-state index is 6.14. The smallest absolute Gasteiger partial charge is 0.135 e. The van der Waals surface area contributed by atoms with Crippen LogP contribution in [0.5, 0.6) is 0 Å². The lowest BCUT2D eigenvalue weighted by Gasteiger charge is -2.20. The highest BCUT2D eigenvalue weighted by Gasteiger charge is 2.20. The van der Waals surface area contributed by atoms with Gasteiger partial charge in [0.1, 0.15) is 11.2 Å². The summed E-state index contributed by atoms with van der Waals surface area (Å²) in [5, 5.41) is 7.19. The minimum atomic E-state index is 0.906. The molecule has 0 bridgehead atoms. The van der Waals surface area contributed by atoms with Crippen molar-refractivity contribution < 1.29 is 4.42 Å². The largest absolute Gasteiger partial charge is 0.456 e. The summed E-state index contributed by atoms with van der Waals surface area (Å²) in [6.45, 7) is 6.38. The fourth-order valence-electron chi connectivity index (χ4n) is 5.88. The van der Waals surface area contributed by atoms with Crippen molar-refractivity contribution in [2.24, 2.45) is 0 Å². The van der Waals surface area contributed by atoms with E-state index < -0.39 is 0 Å². The maximum Gasteiger partial charge on any atom is 0.135 e. The minimum absolute atomic E-state index is 0.906. The van der Waals surface area contributed by atoms with Crippen molar-refractivity contribution in [1.82, 2.24) is 0 Å².